The number of piperidine rings is 4. The Morgan fingerprint density at radius 2 is 1.63 bits per heavy atom. The maximum atomic E-state index is 13.9. The van der Waals surface area contributed by atoms with Gasteiger partial charge < -0.3 is 14.2 Å². The Balaban J connectivity index is 0.726. The van der Waals surface area contributed by atoms with Gasteiger partial charge >= 0.3 is 0 Å². The number of aromatic nitrogens is 5. The van der Waals surface area contributed by atoms with Crippen LogP contribution in [-0.2, 0) is 29.7 Å². The molecule has 10 heterocycles. The molecule has 5 amide bonds. The van der Waals surface area contributed by atoms with Crippen LogP contribution in [-0.4, -0.2) is 126 Å². The SMILES string of the molecule is Cc1cc2cc(n1)-c1cnn(C)c1OCCC[C@@H](C)Cn1c(nc3ccc(CN4CCC(CN5CC6CCC5CN6c5ccc6c(c5)C(=O)N(C5CCC(=O)NC5=O)C6=O)CC4)cc31)NC2=O. The molecular weight excluding hydrogens is 851 g/mol. The van der Waals surface area contributed by atoms with Crippen LogP contribution < -0.4 is 20.3 Å². The maximum absolute atomic E-state index is 13.9. The molecule has 5 saturated heterocycles. The smallest absolute Gasteiger partial charge is 0.262 e. The molecule has 5 fully saturated rings. The van der Waals surface area contributed by atoms with Gasteiger partial charge in [-0.05, 0) is 125 Å². The molecule has 0 radical (unpaired) electrons. The zero-order valence-corrected chi connectivity index (χ0v) is 38.4. The van der Waals surface area contributed by atoms with Gasteiger partial charge in [0, 0.05) is 75.2 Å². The third-order valence-corrected chi connectivity index (χ3v) is 15.0. The van der Waals surface area contributed by atoms with Crippen molar-refractivity contribution in [3.63, 3.8) is 0 Å². The first-order chi connectivity index (χ1) is 32.4. The van der Waals surface area contributed by atoms with Gasteiger partial charge in [-0.2, -0.15) is 5.10 Å². The number of imidazole rings is 1. The lowest BCUT2D eigenvalue weighted by Crippen LogP contribution is -2.63. The van der Waals surface area contributed by atoms with E-state index >= 15 is 0 Å². The molecule has 67 heavy (non-hydrogen) atoms. The lowest BCUT2D eigenvalue weighted by molar-refractivity contribution is -0.136. The van der Waals surface area contributed by atoms with Crippen LogP contribution in [0.2, 0.25) is 0 Å². The van der Waals surface area contributed by atoms with E-state index in [1.165, 1.54) is 5.56 Å². The highest BCUT2D eigenvalue weighted by atomic mass is 16.5. The summed E-state index contributed by atoms with van der Waals surface area (Å²) < 4.78 is 10.2. The Morgan fingerprint density at radius 1 is 0.806 bits per heavy atom. The summed E-state index contributed by atoms with van der Waals surface area (Å²) in [6, 6.07) is 15.4. The average Bonchev–Trinajstić information content (AvgIpc) is 3.94. The minimum Gasteiger partial charge on any atom is -0.477 e. The number of aryl methyl sites for hydroxylation is 2. The molecule has 12 rings (SSSR count). The second-order valence-corrected chi connectivity index (χ2v) is 19.7. The maximum Gasteiger partial charge on any atom is 0.262 e. The van der Waals surface area contributed by atoms with Gasteiger partial charge in [0.05, 0.1) is 46.2 Å². The van der Waals surface area contributed by atoms with Crippen LogP contribution in [0.3, 0.4) is 0 Å². The summed E-state index contributed by atoms with van der Waals surface area (Å²) in [4.78, 5) is 83.5. The van der Waals surface area contributed by atoms with Crippen LogP contribution in [0.4, 0.5) is 11.6 Å². The topological polar surface area (TPSA) is 180 Å². The lowest BCUT2D eigenvalue weighted by Gasteiger charge is -2.53. The fraction of sp³-hybridized carbons (Fsp3) is 0.480. The number of pyridine rings is 1. The van der Waals surface area contributed by atoms with Crippen LogP contribution >= 0.6 is 0 Å². The number of ether oxygens (including phenoxy) is 1. The van der Waals surface area contributed by atoms with Crippen molar-refractivity contribution < 1.29 is 28.7 Å². The third kappa shape index (κ3) is 8.15. The highest BCUT2D eigenvalue weighted by Crippen LogP contribution is 2.38. The zero-order chi connectivity index (χ0) is 46.1. The molecule has 17 nitrogen and oxygen atoms in total. The number of carbonyl (C=O) groups is 5. The minimum atomic E-state index is -0.972. The molecule has 0 aliphatic carbocycles. The van der Waals surface area contributed by atoms with Crippen LogP contribution in [0, 0.1) is 18.8 Å². The Hall–Kier alpha value is -6.46. The quantitative estimate of drug-likeness (QED) is 0.214. The molecule has 3 unspecified atom stereocenters. The van der Waals surface area contributed by atoms with E-state index in [4.69, 9.17) is 14.7 Å². The number of hydrogen-bond donors (Lipinski definition) is 2. The van der Waals surface area contributed by atoms with Gasteiger partial charge in [0.25, 0.3) is 17.7 Å². The predicted molar refractivity (Wildman–Crippen MR) is 250 cm³/mol. The Bertz CT molecular complexity index is 2830. The summed E-state index contributed by atoms with van der Waals surface area (Å²) in [5, 5.41) is 9.86. The summed E-state index contributed by atoms with van der Waals surface area (Å²) in [5.41, 5.74) is 7.30. The first kappa shape index (κ1) is 43.1. The van der Waals surface area contributed by atoms with E-state index in [1.807, 2.05) is 26.1 Å². The second kappa shape index (κ2) is 17.3. The molecule has 2 N–H and O–H groups in total. The zero-order valence-electron chi connectivity index (χ0n) is 38.4. The van der Waals surface area contributed by atoms with Gasteiger partial charge in [0.2, 0.25) is 23.6 Å². The molecule has 7 aliphatic heterocycles. The summed E-state index contributed by atoms with van der Waals surface area (Å²) in [7, 11) is 1.86. The fourth-order valence-electron chi connectivity index (χ4n) is 11.4. The van der Waals surface area contributed by atoms with Gasteiger partial charge in [0.1, 0.15) is 6.04 Å². The molecular formula is C50H57N11O6. The van der Waals surface area contributed by atoms with Gasteiger partial charge in [-0.25, -0.2) is 9.67 Å². The number of fused-ring (bicyclic) bond motifs is 11. The van der Waals surface area contributed by atoms with Crippen LogP contribution in [0.5, 0.6) is 5.88 Å². The number of nitrogens with zero attached hydrogens (tertiary/aromatic N) is 9. The Kier molecular flexibility index (Phi) is 11.1. The Morgan fingerprint density at radius 3 is 2.43 bits per heavy atom. The van der Waals surface area contributed by atoms with Gasteiger partial charge in [0.15, 0.2) is 0 Å². The van der Waals surface area contributed by atoms with Crippen molar-refractivity contribution in [1.29, 1.82) is 0 Å². The van der Waals surface area contributed by atoms with Crippen molar-refractivity contribution in [2.24, 2.45) is 18.9 Å². The van der Waals surface area contributed by atoms with Crippen molar-refractivity contribution in [2.45, 2.75) is 96.4 Å². The number of rotatable bonds is 6. The fourth-order valence-corrected chi connectivity index (χ4v) is 11.4. The normalized spacial score (nSPS) is 24.2. The first-order valence-electron chi connectivity index (χ1n) is 24.0. The number of nitrogens with one attached hydrogen (secondary N) is 2. The number of piperazine rings is 1. The summed E-state index contributed by atoms with van der Waals surface area (Å²) in [5.74, 6) is -0.0638. The summed E-state index contributed by atoms with van der Waals surface area (Å²) in [6.07, 6.45) is 8.27. The number of amides is 5. The molecule has 0 spiro atoms. The molecule has 5 aromatic rings. The van der Waals surface area contributed by atoms with Gasteiger partial charge in [-0.1, -0.05) is 13.0 Å². The number of carbonyl (C=O) groups excluding carboxylic acids is 5. The van der Waals surface area contributed by atoms with Crippen molar-refractivity contribution in [3.05, 3.63) is 82.7 Å². The van der Waals surface area contributed by atoms with Crippen LogP contribution in [0.25, 0.3) is 22.3 Å². The summed E-state index contributed by atoms with van der Waals surface area (Å²) >= 11 is 0. The average molecular weight is 908 g/mol. The van der Waals surface area contributed by atoms with Crippen LogP contribution in [0.15, 0.2) is 54.7 Å². The Labute approximate surface area is 388 Å². The number of imide groups is 2. The molecule has 3 aromatic heterocycles. The molecule has 2 aromatic carbocycles. The molecule has 4 bridgehead atoms. The summed E-state index contributed by atoms with van der Waals surface area (Å²) in [6.45, 7) is 11.2. The van der Waals surface area contributed by atoms with E-state index < -0.39 is 23.8 Å². The number of benzene rings is 2. The van der Waals surface area contributed by atoms with E-state index in [0.717, 1.165) is 111 Å². The van der Waals surface area contributed by atoms with Gasteiger partial charge in [-0.3, -0.25) is 54.3 Å². The van der Waals surface area contributed by atoms with E-state index in [9.17, 15) is 24.0 Å². The monoisotopic (exact) mass is 907 g/mol. The molecule has 348 valence electrons. The lowest BCUT2D eigenvalue weighted by atomic mass is 9.87. The van der Waals surface area contributed by atoms with E-state index in [1.54, 1.807) is 29.1 Å². The predicted octanol–water partition coefficient (Wildman–Crippen LogP) is 5.17. The van der Waals surface area contributed by atoms with Crippen molar-refractivity contribution in [1.82, 2.24) is 44.3 Å². The van der Waals surface area contributed by atoms with Gasteiger partial charge in [-0.15, -0.1) is 0 Å². The van der Waals surface area contributed by atoms with Crippen molar-refractivity contribution in [2.75, 3.05) is 49.5 Å². The number of likely N-dealkylation sites (tertiary alicyclic amines) is 1. The molecule has 0 saturated carbocycles. The molecule has 7 aliphatic rings. The third-order valence-electron chi connectivity index (χ3n) is 15.0. The molecule has 17 heteroatoms. The van der Waals surface area contributed by atoms with E-state index in [-0.39, 0.29) is 24.7 Å². The second-order valence-electron chi connectivity index (χ2n) is 19.7. The first-order valence-corrected chi connectivity index (χ1v) is 24.0. The van der Waals surface area contributed by atoms with Crippen LogP contribution in [0.1, 0.15) is 101 Å². The highest BCUT2D eigenvalue weighted by Gasteiger charge is 2.46. The number of anilines is 2. The highest BCUT2D eigenvalue weighted by molar-refractivity contribution is 6.23. The van der Waals surface area contributed by atoms with Crippen molar-refractivity contribution >= 4 is 52.2 Å². The minimum absolute atomic E-state index is 0.0963. The molecule has 4 atom stereocenters. The van der Waals surface area contributed by atoms with E-state index in [2.05, 4.69) is 60.1 Å². The van der Waals surface area contributed by atoms with E-state index in [0.29, 0.717) is 71.3 Å². The standard InChI is InChI=1S/C50H57N11O6/c1-29-5-4-18-67-49-39(23-51-56(49)3)41-21-33(19-30(2)52-41)45(63)55-50-53-40-11-6-32(20-43(40)60(50)24-29)25-57-16-14-31(15-17-57)26-58-27-36-8-7-35(58)28-59(36)34-9-10-37-38(22-34)48(66)61(47(37)65)42-12-13-44(62)54-46(42)64/h6,9-11,19-23,29,31,35-36,42H,4-5,7-8,12-18,24-28H2,1-3H3,(H,53,55,63)(H,54,62,64)/t29-,35?,36?,42?/m1/s1. The van der Waals surface area contributed by atoms with Crippen molar-refractivity contribution in [3.8, 4) is 17.1 Å². The number of hydrogen-bond acceptors (Lipinski definition) is 12. The largest absolute Gasteiger partial charge is 0.477 e.